The third kappa shape index (κ3) is 6.13. The highest BCUT2D eigenvalue weighted by atomic mass is 32.1. The highest BCUT2D eigenvalue weighted by molar-refractivity contribution is 7.25. The summed E-state index contributed by atoms with van der Waals surface area (Å²) in [5, 5.41) is 5.14. The second-order valence-electron chi connectivity index (χ2n) is 17.2. The number of benzene rings is 10. The average Bonchev–Trinajstić information content (AvgIpc) is 3.84. The van der Waals surface area contributed by atoms with Gasteiger partial charge in [0.1, 0.15) is 0 Å². The summed E-state index contributed by atoms with van der Waals surface area (Å²) in [7, 11) is 0. The van der Waals surface area contributed by atoms with Gasteiger partial charge in [0.15, 0.2) is 0 Å². The zero-order valence-corrected chi connectivity index (χ0v) is 36.0. The monoisotopic (exact) mass is 821 g/mol. The van der Waals surface area contributed by atoms with Crippen molar-refractivity contribution in [3.63, 3.8) is 0 Å². The lowest BCUT2D eigenvalue weighted by molar-refractivity contribution is 0.662. The SMILES string of the molecule is CC1(C)c2ccccc2-c2cccc(-c3ccc(N(c4ccc(-c5ccc(-c6cccc7ccccc67)cc5)cc4)c4ccccc4-c4cccc5sc6ccccc6c45)cc3)c21. The topological polar surface area (TPSA) is 3.24 Å². The predicted molar refractivity (Wildman–Crippen MR) is 271 cm³/mol. The van der Waals surface area contributed by atoms with Crippen LogP contribution in [-0.4, -0.2) is 0 Å². The third-order valence-corrected chi connectivity index (χ3v) is 14.4. The number of hydrogen-bond acceptors (Lipinski definition) is 2. The fraction of sp³-hybridized carbons (Fsp3) is 0.0492. The fourth-order valence-corrected chi connectivity index (χ4v) is 11.5. The molecule has 0 fully saturated rings. The van der Waals surface area contributed by atoms with Gasteiger partial charge in [0, 0.05) is 42.5 Å². The van der Waals surface area contributed by atoms with E-state index in [2.05, 4.69) is 243 Å². The van der Waals surface area contributed by atoms with Gasteiger partial charge in [-0.15, -0.1) is 11.3 Å². The first-order chi connectivity index (χ1) is 31.0. The number of anilines is 3. The predicted octanol–water partition coefficient (Wildman–Crippen LogP) is 17.7. The first-order valence-electron chi connectivity index (χ1n) is 21.8. The summed E-state index contributed by atoms with van der Waals surface area (Å²) in [5.41, 5.74) is 18.5. The van der Waals surface area contributed by atoms with Crippen molar-refractivity contribution in [1.82, 2.24) is 0 Å². The summed E-state index contributed by atoms with van der Waals surface area (Å²) in [6, 6.07) is 82.7. The second-order valence-corrected chi connectivity index (χ2v) is 18.3. The number of fused-ring (bicyclic) bond motifs is 7. The third-order valence-electron chi connectivity index (χ3n) is 13.3. The van der Waals surface area contributed by atoms with E-state index < -0.39 is 0 Å². The van der Waals surface area contributed by atoms with Crippen molar-refractivity contribution < 1.29 is 0 Å². The van der Waals surface area contributed by atoms with E-state index in [1.807, 2.05) is 11.3 Å². The van der Waals surface area contributed by atoms with Crippen molar-refractivity contribution in [1.29, 1.82) is 0 Å². The van der Waals surface area contributed by atoms with Crippen LogP contribution >= 0.6 is 11.3 Å². The summed E-state index contributed by atoms with van der Waals surface area (Å²) >= 11 is 1.87. The summed E-state index contributed by atoms with van der Waals surface area (Å²) in [5.74, 6) is 0. The Morgan fingerprint density at radius 1 is 0.349 bits per heavy atom. The molecule has 63 heavy (non-hydrogen) atoms. The Balaban J connectivity index is 0.969. The molecular formula is C61H43NS. The number of thiophene rings is 1. The minimum Gasteiger partial charge on any atom is -0.310 e. The largest absolute Gasteiger partial charge is 0.310 e. The highest BCUT2D eigenvalue weighted by Crippen LogP contribution is 2.53. The molecular weight excluding hydrogens is 779 g/mol. The molecule has 11 aromatic rings. The minimum absolute atomic E-state index is 0.100. The highest BCUT2D eigenvalue weighted by Gasteiger charge is 2.37. The number of nitrogens with zero attached hydrogens (tertiary/aromatic N) is 1. The Bertz CT molecular complexity index is 3510. The van der Waals surface area contributed by atoms with Crippen LogP contribution in [0.25, 0.3) is 86.6 Å². The van der Waals surface area contributed by atoms with Gasteiger partial charge >= 0.3 is 0 Å². The lowest BCUT2D eigenvalue weighted by Gasteiger charge is -2.29. The molecule has 10 aromatic carbocycles. The molecule has 1 aliphatic carbocycles. The molecule has 298 valence electrons. The van der Waals surface area contributed by atoms with Crippen LogP contribution < -0.4 is 4.90 Å². The Labute approximate surface area is 372 Å². The molecule has 0 bridgehead atoms. The molecule has 12 rings (SSSR count). The maximum Gasteiger partial charge on any atom is 0.0540 e. The number of para-hydroxylation sites is 1. The molecule has 0 unspecified atom stereocenters. The van der Waals surface area contributed by atoms with E-state index in [4.69, 9.17) is 0 Å². The Morgan fingerprint density at radius 2 is 0.841 bits per heavy atom. The zero-order chi connectivity index (χ0) is 42.1. The molecule has 1 heterocycles. The normalized spacial score (nSPS) is 12.7. The Kier molecular flexibility index (Phi) is 8.77. The van der Waals surface area contributed by atoms with Gasteiger partial charge in [-0.25, -0.2) is 0 Å². The van der Waals surface area contributed by atoms with Crippen molar-refractivity contribution >= 4 is 59.3 Å². The van der Waals surface area contributed by atoms with Crippen LogP contribution in [0.4, 0.5) is 17.1 Å². The minimum atomic E-state index is -0.100. The average molecular weight is 822 g/mol. The summed E-state index contributed by atoms with van der Waals surface area (Å²) in [6.45, 7) is 4.74. The molecule has 1 aliphatic rings. The Hall–Kier alpha value is -7.52. The van der Waals surface area contributed by atoms with Crippen molar-refractivity contribution in [3.05, 3.63) is 236 Å². The quantitative estimate of drug-likeness (QED) is 0.155. The van der Waals surface area contributed by atoms with Crippen LogP contribution in [0.3, 0.4) is 0 Å². The van der Waals surface area contributed by atoms with Gasteiger partial charge in [0.05, 0.1) is 5.69 Å². The summed E-state index contributed by atoms with van der Waals surface area (Å²) < 4.78 is 2.61. The van der Waals surface area contributed by atoms with Gasteiger partial charge in [-0.2, -0.15) is 0 Å². The molecule has 0 N–H and O–H groups in total. The maximum absolute atomic E-state index is 2.44. The lowest BCUT2D eigenvalue weighted by atomic mass is 9.79. The van der Waals surface area contributed by atoms with Crippen LogP contribution in [0.2, 0.25) is 0 Å². The smallest absolute Gasteiger partial charge is 0.0540 e. The van der Waals surface area contributed by atoms with E-state index in [-0.39, 0.29) is 5.41 Å². The van der Waals surface area contributed by atoms with E-state index in [1.54, 1.807) is 0 Å². The molecule has 0 amide bonds. The van der Waals surface area contributed by atoms with E-state index >= 15 is 0 Å². The van der Waals surface area contributed by atoms with Crippen LogP contribution in [-0.2, 0) is 5.41 Å². The summed E-state index contributed by atoms with van der Waals surface area (Å²) in [6.07, 6.45) is 0. The van der Waals surface area contributed by atoms with Gasteiger partial charge in [-0.05, 0) is 114 Å². The molecule has 2 heteroatoms. The van der Waals surface area contributed by atoms with E-state index in [0.29, 0.717) is 0 Å². The maximum atomic E-state index is 2.44. The first kappa shape index (κ1) is 37.3. The molecule has 0 saturated carbocycles. The number of rotatable bonds is 7. The standard InChI is InChI=1S/C61H43NS/c1-61(2)55-24-8-5-17-50(55)53-23-12-21-49(60(53)61)44-34-38-46(39-35-44)62(56-25-9-6-18-51(56)52-22-13-27-58-59(52)54-19-7-10-26-57(54)63-58)45-36-32-41(33-37-45)40-28-30-43(31-29-40)48-20-11-15-42-14-3-4-16-47(42)48/h3-39H,1-2H3. The van der Waals surface area contributed by atoms with Gasteiger partial charge in [-0.1, -0.05) is 196 Å². The van der Waals surface area contributed by atoms with Crippen molar-refractivity contribution in [3.8, 4) is 55.6 Å². The molecule has 0 spiro atoms. The molecule has 0 aliphatic heterocycles. The first-order valence-corrected chi connectivity index (χ1v) is 22.7. The van der Waals surface area contributed by atoms with Crippen LogP contribution in [0.15, 0.2) is 224 Å². The van der Waals surface area contributed by atoms with Crippen molar-refractivity contribution in [2.75, 3.05) is 4.90 Å². The molecule has 1 nitrogen and oxygen atoms in total. The van der Waals surface area contributed by atoms with Gasteiger partial charge < -0.3 is 4.90 Å². The molecule has 1 aromatic heterocycles. The Morgan fingerprint density at radius 3 is 1.63 bits per heavy atom. The van der Waals surface area contributed by atoms with Crippen LogP contribution in [0, 0.1) is 0 Å². The van der Waals surface area contributed by atoms with E-state index in [0.717, 1.165) is 17.1 Å². The van der Waals surface area contributed by atoms with Crippen LogP contribution in [0.5, 0.6) is 0 Å². The fourth-order valence-electron chi connectivity index (χ4n) is 10.3. The lowest BCUT2D eigenvalue weighted by Crippen LogP contribution is -2.16. The molecule has 0 radical (unpaired) electrons. The number of hydrogen-bond donors (Lipinski definition) is 0. The van der Waals surface area contributed by atoms with Gasteiger partial charge in [0.2, 0.25) is 0 Å². The van der Waals surface area contributed by atoms with Crippen molar-refractivity contribution in [2.45, 2.75) is 19.3 Å². The van der Waals surface area contributed by atoms with Gasteiger partial charge in [0.25, 0.3) is 0 Å². The molecule has 0 atom stereocenters. The summed E-state index contributed by atoms with van der Waals surface area (Å²) in [4.78, 5) is 2.44. The van der Waals surface area contributed by atoms with E-state index in [9.17, 15) is 0 Å². The second kappa shape index (κ2) is 14.8. The van der Waals surface area contributed by atoms with Crippen LogP contribution in [0.1, 0.15) is 25.0 Å². The van der Waals surface area contributed by atoms with Crippen molar-refractivity contribution in [2.24, 2.45) is 0 Å². The molecule has 0 saturated heterocycles. The van der Waals surface area contributed by atoms with Gasteiger partial charge in [-0.3, -0.25) is 0 Å². The van der Waals surface area contributed by atoms with E-state index in [1.165, 1.54) is 97.7 Å². The zero-order valence-electron chi connectivity index (χ0n) is 35.2.